The minimum Gasteiger partial charge on any atom is -0.341 e. The summed E-state index contributed by atoms with van der Waals surface area (Å²) in [6.45, 7) is 1.34. The van der Waals surface area contributed by atoms with Crippen LogP contribution in [0.5, 0.6) is 0 Å². The lowest BCUT2D eigenvalue weighted by molar-refractivity contribution is -0.135. The maximum absolute atomic E-state index is 12.7. The summed E-state index contributed by atoms with van der Waals surface area (Å²) in [7, 11) is -1.66. The zero-order valence-corrected chi connectivity index (χ0v) is 15.7. The molecule has 1 aliphatic heterocycles. The highest BCUT2D eigenvalue weighted by molar-refractivity contribution is 7.89. The molecule has 5 nitrogen and oxygen atoms in total. The highest BCUT2D eigenvalue weighted by Crippen LogP contribution is 2.25. The molecule has 26 heavy (non-hydrogen) atoms. The van der Waals surface area contributed by atoms with Crippen molar-refractivity contribution in [1.82, 2.24) is 9.21 Å². The zero-order valence-electron chi connectivity index (χ0n) is 14.9. The summed E-state index contributed by atoms with van der Waals surface area (Å²) >= 11 is 0. The standard InChI is InChI=1S/C20H24N2O3S/c1-21(16-17-8-4-2-5-9-17)20(23)18-12-14-22(15-13-18)26(24,25)19-10-6-3-7-11-19/h2-11,18H,12-16H2,1H3. The summed E-state index contributed by atoms with van der Waals surface area (Å²) in [6, 6.07) is 18.3. The molecule has 0 spiro atoms. The van der Waals surface area contributed by atoms with Crippen molar-refractivity contribution in [3.63, 3.8) is 0 Å². The lowest BCUT2D eigenvalue weighted by Crippen LogP contribution is -2.43. The van der Waals surface area contributed by atoms with E-state index >= 15 is 0 Å². The molecule has 0 N–H and O–H groups in total. The number of hydrogen-bond donors (Lipinski definition) is 0. The van der Waals surface area contributed by atoms with E-state index in [9.17, 15) is 13.2 Å². The van der Waals surface area contributed by atoms with Gasteiger partial charge in [-0.2, -0.15) is 4.31 Å². The molecule has 0 bridgehead atoms. The number of benzene rings is 2. The normalized spacial score (nSPS) is 16.3. The maximum Gasteiger partial charge on any atom is 0.243 e. The third-order valence-electron chi connectivity index (χ3n) is 4.82. The van der Waals surface area contributed by atoms with Gasteiger partial charge in [-0.05, 0) is 30.5 Å². The summed E-state index contributed by atoms with van der Waals surface area (Å²) in [5, 5.41) is 0. The minimum atomic E-state index is -3.47. The molecule has 0 radical (unpaired) electrons. The summed E-state index contributed by atoms with van der Waals surface area (Å²) in [5.41, 5.74) is 1.09. The molecule has 0 aliphatic carbocycles. The molecule has 0 atom stereocenters. The Morgan fingerprint density at radius 1 is 1.00 bits per heavy atom. The van der Waals surface area contributed by atoms with Crippen molar-refractivity contribution >= 4 is 15.9 Å². The fourth-order valence-corrected chi connectivity index (χ4v) is 4.82. The Morgan fingerprint density at radius 2 is 1.54 bits per heavy atom. The summed E-state index contributed by atoms with van der Waals surface area (Å²) < 4.78 is 26.8. The van der Waals surface area contributed by atoms with Crippen LogP contribution >= 0.6 is 0 Å². The highest BCUT2D eigenvalue weighted by Gasteiger charge is 2.33. The Kier molecular flexibility index (Phi) is 5.74. The van der Waals surface area contributed by atoms with Gasteiger partial charge in [0.05, 0.1) is 4.90 Å². The van der Waals surface area contributed by atoms with E-state index in [4.69, 9.17) is 0 Å². The van der Waals surface area contributed by atoms with Crippen LogP contribution < -0.4 is 0 Å². The van der Waals surface area contributed by atoms with Crippen molar-refractivity contribution in [2.75, 3.05) is 20.1 Å². The number of piperidine rings is 1. The molecule has 6 heteroatoms. The Morgan fingerprint density at radius 3 is 2.12 bits per heavy atom. The molecule has 138 valence electrons. The van der Waals surface area contributed by atoms with Crippen molar-refractivity contribution in [3.8, 4) is 0 Å². The van der Waals surface area contributed by atoms with Gasteiger partial charge < -0.3 is 4.90 Å². The van der Waals surface area contributed by atoms with Crippen molar-refractivity contribution in [2.24, 2.45) is 5.92 Å². The molecule has 1 saturated heterocycles. The number of hydrogen-bond acceptors (Lipinski definition) is 3. The zero-order chi connectivity index (χ0) is 18.6. The molecule has 1 amide bonds. The predicted octanol–water partition coefficient (Wildman–Crippen LogP) is 2.75. The Hall–Kier alpha value is -2.18. The van der Waals surface area contributed by atoms with Gasteiger partial charge in [-0.3, -0.25) is 4.79 Å². The first kappa shape index (κ1) is 18.6. The van der Waals surface area contributed by atoms with Crippen LogP contribution in [0.1, 0.15) is 18.4 Å². The largest absolute Gasteiger partial charge is 0.341 e. The van der Waals surface area contributed by atoms with Gasteiger partial charge in [-0.1, -0.05) is 48.5 Å². The molecule has 0 aromatic heterocycles. The number of rotatable bonds is 5. The lowest BCUT2D eigenvalue weighted by Gasteiger charge is -2.32. The van der Waals surface area contributed by atoms with E-state index in [0.717, 1.165) is 5.56 Å². The molecular formula is C20H24N2O3S. The second kappa shape index (κ2) is 8.01. The fourth-order valence-electron chi connectivity index (χ4n) is 3.33. The van der Waals surface area contributed by atoms with Crippen molar-refractivity contribution in [1.29, 1.82) is 0 Å². The SMILES string of the molecule is CN(Cc1ccccc1)C(=O)C1CCN(S(=O)(=O)c2ccccc2)CC1. The molecule has 2 aromatic carbocycles. The van der Waals surface area contributed by atoms with Gasteiger partial charge in [-0.25, -0.2) is 8.42 Å². The molecule has 1 fully saturated rings. The van der Waals surface area contributed by atoms with Gasteiger partial charge in [0.15, 0.2) is 0 Å². The van der Waals surface area contributed by atoms with Gasteiger partial charge >= 0.3 is 0 Å². The van der Waals surface area contributed by atoms with E-state index in [1.54, 1.807) is 35.2 Å². The van der Waals surface area contributed by atoms with Gasteiger partial charge in [0.1, 0.15) is 0 Å². The number of carbonyl (C=O) groups excluding carboxylic acids is 1. The van der Waals surface area contributed by atoms with Crippen LogP contribution in [0.2, 0.25) is 0 Å². The lowest BCUT2D eigenvalue weighted by atomic mass is 9.96. The third-order valence-corrected chi connectivity index (χ3v) is 6.74. The Bertz CT molecular complexity index is 830. The van der Waals surface area contributed by atoms with Crippen LogP contribution in [0.3, 0.4) is 0 Å². The highest BCUT2D eigenvalue weighted by atomic mass is 32.2. The van der Waals surface area contributed by atoms with Crippen LogP contribution in [0.25, 0.3) is 0 Å². The predicted molar refractivity (Wildman–Crippen MR) is 101 cm³/mol. The second-order valence-corrected chi connectivity index (χ2v) is 8.61. The molecule has 2 aromatic rings. The van der Waals surface area contributed by atoms with Gasteiger partial charge in [-0.15, -0.1) is 0 Å². The monoisotopic (exact) mass is 372 g/mol. The van der Waals surface area contributed by atoms with Crippen LogP contribution in [0.4, 0.5) is 0 Å². The minimum absolute atomic E-state index is 0.0885. The van der Waals surface area contributed by atoms with E-state index in [2.05, 4.69) is 0 Å². The summed E-state index contributed by atoms with van der Waals surface area (Å²) in [6.07, 6.45) is 1.12. The van der Waals surface area contributed by atoms with Crippen LogP contribution in [0.15, 0.2) is 65.6 Å². The molecular weight excluding hydrogens is 348 g/mol. The summed E-state index contributed by atoms with van der Waals surface area (Å²) in [5.74, 6) is -0.0310. The molecule has 0 unspecified atom stereocenters. The number of carbonyl (C=O) groups is 1. The average molecular weight is 372 g/mol. The van der Waals surface area contributed by atoms with E-state index < -0.39 is 10.0 Å². The average Bonchev–Trinajstić information content (AvgIpc) is 2.69. The Labute approximate surface area is 155 Å². The first-order valence-corrected chi connectivity index (χ1v) is 10.3. The van der Waals surface area contributed by atoms with Crippen LogP contribution in [0, 0.1) is 5.92 Å². The molecule has 3 rings (SSSR count). The van der Waals surface area contributed by atoms with Gasteiger partial charge in [0.25, 0.3) is 0 Å². The van der Waals surface area contributed by atoms with Crippen molar-refractivity contribution in [2.45, 2.75) is 24.3 Å². The number of sulfonamides is 1. The summed E-state index contributed by atoms with van der Waals surface area (Å²) in [4.78, 5) is 14.7. The Balaban J connectivity index is 1.59. The third kappa shape index (κ3) is 4.14. The van der Waals surface area contributed by atoms with E-state index in [1.807, 2.05) is 37.4 Å². The van der Waals surface area contributed by atoms with E-state index in [-0.39, 0.29) is 11.8 Å². The van der Waals surface area contributed by atoms with E-state index in [0.29, 0.717) is 37.4 Å². The molecule has 1 heterocycles. The van der Waals surface area contributed by atoms with Gasteiger partial charge in [0, 0.05) is 32.6 Å². The maximum atomic E-state index is 12.7. The number of nitrogens with zero attached hydrogens (tertiary/aromatic N) is 2. The molecule has 1 aliphatic rings. The topological polar surface area (TPSA) is 57.7 Å². The first-order chi connectivity index (χ1) is 12.5. The van der Waals surface area contributed by atoms with E-state index in [1.165, 1.54) is 4.31 Å². The van der Waals surface area contributed by atoms with Crippen LogP contribution in [-0.2, 0) is 21.4 Å². The second-order valence-electron chi connectivity index (χ2n) is 6.67. The van der Waals surface area contributed by atoms with Crippen LogP contribution in [-0.4, -0.2) is 43.7 Å². The van der Waals surface area contributed by atoms with Crippen molar-refractivity contribution in [3.05, 3.63) is 66.2 Å². The number of amides is 1. The smallest absolute Gasteiger partial charge is 0.243 e. The quantitative estimate of drug-likeness (QED) is 0.811. The fraction of sp³-hybridized carbons (Fsp3) is 0.350. The van der Waals surface area contributed by atoms with Crippen molar-refractivity contribution < 1.29 is 13.2 Å². The van der Waals surface area contributed by atoms with Gasteiger partial charge in [0.2, 0.25) is 15.9 Å². The molecule has 0 saturated carbocycles. The first-order valence-electron chi connectivity index (χ1n) is 8.82.